The van der Waals surface area contributed by atoms with Crippen LogP contribution in [0.3, 0.4) is 0 Å². The molecule has 0 aromatic heterocycles. The minimum atomic E-state index is -3.33. The number of anilines is 2. The van der Waals surface area contributed by atoms with Crippen molar-refractivity contribution in [2.75, 3.05) is 34.8 Å². The van der Waals surface area contributed by atoms with Gasteiger partial charge in [0.25, 0.3) is 5.91 Å². The van der Waals surface area contributed by atoms with Crippen molar-refractivity contribution in [3.63, 3.8) is 0 Å². The number of carbonyl (C=O) groups is 2. The Bertz CT molecular complexity index is 991. The molecule has 9 heteroatoms. The van der Waals surface area contributed by atoms with Crippen LogP contribution in [-0.2, 0) is 19.6 Å². The van der Waals surface area contributed by atoms with Crippen molar-refractivity contribution in [3.8, 4) is 0 Å². The Morgan fingerprint density at radius 3 is 2.68 bits per heavy atom. The smallest absolute Gasteiger partial charge is 0.338 e. The van der Waals surface area contributed by atoms with E-state index in [4.69, 9.17) is 4.74 Å². The number of carbonyl (C=O) groups excluding carboxylic acids is 2. The Labute approximate surface area is 168 Å². The number of thioether (sulfide) groups is 1. The highest BCUT2D eigenvalue weighted by Crippen LogP contribution is 2.25. The third kappa shape index (κ3) is 4.85. The largest absolute Gasteiger partial charge is 0.452 e. The number of rotatable bonds is 6. The highest BCUT2D eigenvalue weighted by molar-refractivity contribution is 7.98. The van der Waals surface area contributed by atoms with Crippen LogP contribution < -0.4 is 9.62 Å². The summed E-state index contributed by atoms with van der Waals surface area (Å²) in [6.45, 7) is -0.0487. The Morgan fingerprint density at radius 2 is 1.96 bits per heavy atom. The van der Waals surface area contributed by atoms with E-state index in [2.05, 4.69) is 5.32 Å². The summed E-state index contributed by atoms with van der Waals surface area (Å²) in [6.07, 6.45) is 2.49. The highest BCUT2D eigenvalue weighted by Gasteiger charge is 2.28. The highest BCUT2D eigenvalue weighted by atomic mass is 32.2. The SMILES string of the molecule is CSc1cccc(NC(=O)COC(=O)c2cccc(N3CCCS3(=O)=O)c2)c1. The molecule has 148 valence electrons. The molecule has 1 heterocycles. The van der Waals surface area contributed by atoms with E-state index in [9.17, 15) is 18.0 Å². The Kier molecular flexibility index (Phi) is 6.25. The van der Waals surface area contributed by atoms with Crippen molar-refractivity contribution in [1.29, 1.82) is 0 Å². The second-order valence-electron chi connectivity index (χ2n) is 6.15. The van der Waals surface area contributed by atoms with Gasteiger partial charge in [0, 0.05) is 17.1 Å². The maximum atomic E-state index is 12.3. The van der Waals surface area contributed by atoms with Crippen LogP contribution in [-0.4, -0.2) is 45.5 Å². The van der Waals surface area contributed by atoms with Gasteiger partial charge in [-0.25, -0.2) is 13.2 Å². The topological polar surface area (TPSA) is 92.8 Å². The maximum absolute atomic E-state index is 12.3. The summed E-state index contributed by atoms with van der Waals surface area (Å²) in [5, 5.41) is 2.67. The van der Waals surface area contributed by atoms with Gasteiger partial charge in [0.05, 0.1) is 17.0 Å². The molecule has 1 N–H and O–H groups in total. The molecule has 3 rings (SSSR count). The maximum Gasteiger partial charge on any atom is 0.338 e. The van der Waals surface area contributed by atoms with Gasteiger partial charge in [0.2, 0.25) is 10.0 Å². The third-order valence-electron chi connectivity index (χ3n) is 4.16. The van der Waals surface area contributed by atoms with Gasteiger partial charge in [0.15, 0.2) is 6.61 Å². The molecule has 1 fully saturated rings. The Balaban J connectivity index is 1.60. The minimum absolute atomic E-state index is 0.0968. The van der Waals surface area contributed by atoms with Crippen molar-refractivity contribution in [2.24, 2.45) is 0 Å². The molecule has 0 saturated carbocycles. The number of ether oxygens (including phenoxy) is 1. The van der Waals surface area contributed by atoms with E-state index in [1.807, 2.05) is 24.5 Å². The molecule has 0 spiro atoms. The van der Waals surface area contributed by atoms with Gasteiger partial charge < -0.3 is 10.1 Å². The van der Waals surface area contributed by atoms with Crippen LogP contribution in [0, 0.1) is 0 Å². The first-order valence-electron chi connectivity index (χ1n) is 8.60. The average molecular weight is 421 g/mol. The van der Waals surface area contributed by atoms with Crippen LogP contribution >= 0.6 is 11.8 Å². The number of hydrogen-bond donors (Lipinski definition) is 1. The quantitative estimate of drug-likeness (QED) is 0.571. The summed E-state index contributed by atoms with van der Waals surface area (Å²) in [7, 11) is -3.33. The van der Waals surface area contributed by atoms with Gasteiger partial charge in [-0.05, 0) is 49.1 Å². The van der Waals surface area contributed by atoms with Crippen molar-refractivity contribution in [1.82, 2.24) is 0 Å². The summed E-state index contributed by atoms with van der Waals surface area (Å²) in [5.74, 6) is -1.05. The lowest BCUT2D eigenvalue weighted by atomic mass is 10.2. The fraction of sp³-hybridized carbons (Fsp3) is 0.263. The predicted octanol–water partition coefficient (Wildman–Crippen LogP) is 2.74. The van der Waals surface area contributed by atoms with Gasteiger partial charge >= 0.3 is 5.97 Å². The van der Waals surface area contributed by atoms with E-state index in [1.165, 1.54) is 16.4 Å². The van der Waals surface area contributed by atoms with Gasteiger partial charge in [-0.3, -0.25) is 9.10 Å². The van der Waals surface area contributed by atoms with Crippen molar-refractivity contribution in [3.05, 3.63) is 54.1 Å². The molecule has 0 unspecified atom stereocenters. The lowest BCUT2D eigenvalue weighted by Gasteiger charge is -2.17. The van der Waals surface area contributed by atoms with Crippen LogP contribution in [0.1, 0.15) is 16.8 Å². The van der Waals surface area contributed by atoms with Crippen molar-refractivity contribution in [2.45, 2.75) is 11.3 Å². The number of esters is 1. The average Bonchev–Trinajstić information content (AvgIpc) is 3.05. The van der Waals surface area contributed by atoms with E-state index < -0.39 is 28.5 Å². The van der Waals surface area contributed by atoms with Gasteiger partial charge in [0.1, 0.15) is 0 Å². The third-order valence-corrected chi connectivity index (χ3v) is 6.75. The first kappa shape index (κ1) is 20.2. The molecule has 0 atom stereocenters. The summed E-state index contributed by atoms with van der Waals surface area (Å²) >= 11 is 1.55. The Morgan fingerprint density at radius 1 is 1.18 bits per heavy atom. The summed E-state index contributed by atoms with van der Waals surface area (Å²) in [5.41, 5.74) is 1.23. The molecule has 0 radical (unpaired) electrons. The fourth-order valence-corrected chi connectivity index (χ4v) is 4.85. The lowest BCUT2D eigenvalue weighted by molar-refractivity contribution is -0.119. The molecular weight excluding hydrogens is 400 g/mol. The van der Waals surface area contributed by atoms with Crippen LogP contribution in [0.25, 0.3) is 0 Å². The summed E-state index contributed by atoms with van der Waals surface area (Å²) in [6, 6.07) is 13.5. The molecular formula is C19H20N2O5S2. The molecule has 28 heavy (non-hydrogen) atoms. The monoisotopic (exact) mass is 420 g/mol. The second-order valence-corrected chi connectivity index (χ2v) is 9.04. The normalized spacial score (nSPS) is 15.2. The molecule has 1 aliphatic heterocycles. The molecule has 7 nitrogen and oxygen atoms in total. The molecule has 0 bridgehead atoms. The number of sulfonamides is 1. The van der Waals surface area contributed by atoms with Crippen LogP contribution in [0.5, 0.6) is 0 Å². The Hall–Kier alpha value is -2.52. The molecule has 1 amide bonds. The second kappa shape index (κ2) is 8.66. The van der Waals surface area contributed by atoms with E-state index in [0.29, 0.717) is 24.3 Å². The molecule has 2 aromatic rings. The van der Waals surface area contributed by atoms with Crippen molar-refractivity contribution >= 4 is 45.0 Å². The van der Waals surface area contributed by atoms with E-state index in [1.54, 1.807) is 30.0 Å². The van der Waals surface area contributed by atoms with E-state index >= 15 is 0 Å². The summed E-state index contributed by atoms with van der Waals surface area (Å²) in [4.78, 5) is 25.3. The zero-order valence-corrected chi connectivity index (χ0v) is 16.9. The lowest BCUT2D eigenvalue weighted by Crippen LogP contribution is -2.25. The van der Waals surface area contributed by atoms with Gasteiger partial charge in [-0.1, -0.05) is 12.1 Å². The molecule has 0 aliphatic carbocycles. The first-order valence-corrected chi connectivity index (χ1v) is 11.4. The van der Waals surface area contributed by atoms with Gasteiger partial charge in [-0.15, -0.1) is 11.8 Å². The minimum Gasteiger partial charge on any atom is -0.452 e. The van der Waals surface area contributed by atoms with Crippen LogP contribution in [0.4, 0.5) is 11.4 Å². The van der Waals surface area contributed by atoms with Crippen molar-refractivity contribution < 1.29 is 22.7 Å². The zero-order valence-electron chi connectivity index (χ0n) is 15.3. The molecule has 1 saturated heterocycles. The number of amides is 1. The van der Waals surface area contributed by atoms with Crippen LogP contribution in [0.15, 0.2) is 53.4 Å². The van der Waals surface area contributed by atoms with E-state index in [0.717, 1.165) is 4.90 Å². The number of nitrogens with zero attached hydrogens (tertiary/aromatic N) is 1. The standard InChI is InChI=1S/C19H20N2O5S2/c1-27-17-8-3-6-15(12-17)20-18(22)13-26-19(23)14-5-2-7-16(11-14)21-9-4-10-28(21,24)25/h2-3,5-8,11-12H,4,9-10,13H2,1H3,(H,20,22). The molecule has 2 aromatic carbocycles. The predicted molar refractivity (Wildman–Crippen MR) is 109 cm³/mol. The fourth-order valence-electron chi connectivity index (χ4n) is 2.83. The van der Waals surface area contributed by atoms with Gasteiger partial charge in [-0.2, -0.15) is 0 Å². The summed E-state index contributed by atoms with van der Waals surface area (Å²) < 4.78 is 30.4. The van der Waals surface area contributed by atoms with Crippen LogP contribution in [0.2, 0.25) is 0 Å². The molecule has 1 aliphatic rings. The number of hydrogen-bond acceptors (Lipinski definition) is 6. The number of nitrogens with one attached hydrogen (secondary N) is 1. The number of benzene rings is 2. The zero-order chi connectivity index (χ0) is 20.1. The first-order chi connectivity index (χ1) is 13.4. The van der Waals surface area contributed by atoms with E-state index in [-0.39, 0.29) is 11.3 Å².